The normalized spacial score (nSPS) is 9.80. The number of thiocarbonyl (C=S) groups is 1. The largest absolute Gasteiger partial charge is 0.465 e. The van der Waals surface area contributed by atoms with Crippen LogP contribution in [0.5, 0.6) is 0 Å². The fourth-order valence-corrected chi connectivity index (χ4v) is 2.37. The Morgan fingerprint density at radius 3 is 1.93 bits per heavy atom. The molecule has 2 aromatic carbocycles. The number of ether oxygens (including phenoxy) is 1. The van der Waals surface area contributed by atoms with Crippen LogP contribution in [-0.2, 0) is 9.53 Å². The summed E-state index contributed by atoms with van der Waals surface area (Å²) in [5.74, 6) is -1.64. The van der Waals surface area contributed by atoms with Crippen LogP contribution in [0.1, 0.15) is 44.4 Å². The lowest BCUT2D eigenvalue weighted by atomic mass is 10.1. The standard InChI is InChI=1S/C20H20N4O5S/c1-3-16(25)21-15-10-8-13(9-11-15)18(27)23-24-20(30)22-17(26)12-4-6-14(7-5-12)19(28)29-2/h4-11H,3H2,1-2H3,(H,21,25)(H,23,27)(H2,22,24,26,30). The molecule has 2 aromatic rings. The van der Waals surface area contributed by atoms with Crippen molar-refractivity contribution in [2.24, 2.45) is 0 Å². The molecule has 0 aliphatic heterocycles. The van der Waals surface area contributed by atoms with Gasteiger partial charge in [0.2, 0.25) is 5.91 Å². The summed E-state index contributed by atoms with van der Waals surface area (Å²) in [6.07, 6.45) is 0.352. The van der Waals surface area contributed by atoms with E-state index in [2.05, 4.69) is 26.2 Å². The zero-order chi connectivity index (χ0) is 22.1. The maximum atomic E-state index is 12.2. The van der Waals surface area contributed by atoms with Crippen LogP contribution in [0, 0.1) is 0 Å². The van der Waals surface area contributed by atoms with E-state index in [1.807, 2.05) is 0 Å². The predicted octanol–water partition coefficient (Wildman–Crippen LogP) is 1.77. The van der Waals surface area contributed by atoms with Crippen molar-refractivity contribution in [2.75, 3.05) is 12.4 Å². The summed E-state index contributed by atoms with van der Waals surface area (Å²) in [4.78, 5) is 47.1. The second kappa shape index (κ2) is 10.7. The van der Waals surface area contributed by atoms with Crippen LogP contribution < -0.4 is 21.5 Å². The third-order valence-corrected chi connectivity index (χ3v) is 4.04. The molecule has 3 amide bonds. The van der Waals surface area contributed by atoms with Gasteiger partial charge in [0.1, 0.15) is 0 Å². The van der Waals surface area contributed by atoms with Gasteiger partial charge in [0, 0.05) is 23.2 Å². The van der Waals surface area contributed by atoms with E-state index < -0.39 is 17.8 Å². The summed E-state index contributed by atoms with van der Waals surface area (Å²) in [5.41, 5.74) is 6.27. The number of amides is 3. The van der Waals surface area contributed by atoms with Gasteiger partial charge in [-0.2, -0.15) is 0 Å². The molecule has 30 heavy (non-hydrogen) atoms. The number of benzene rings is 2. The smallest absolute Gasteiger partial charge is 0.337 e. The average molecular weight is 428 g/mol. The van der Waals surface area contributed by atoms with E-state index >= 15 is 0 Å². The molecule has 0 saturated heterocycles. The molecule has 0 unspecified atom stereocenters. The maximum Gasteiger partial charge on any atom is 0.337 e. The number of hydrogen-bond acceptors (Lipinski definition) is 6. The van der Waals surface area contributed by atoms with Crippen molar-refractivity contribution < 1.29 is 23.9 Å². The molecule has 0 saturated carbocycles. The quantitative estimate of drug-likeness (QED) is 0.325. The van der Waals surface area contributed by atoms with Gasteiger partial charge in [-0.3, -0.25) is 30.6 Å². The molecule has 2 rings (SSSR count). The van der Waals surface area contributed by atoms with Gasteiger partial charge in [-0.05, 0) is 60.7 Å². The number of carbonyl (C=O) groups excluding carboxylic acids is 4. The minimum atomic E-state index is -0.519. The van der Waals surface area contributed by atoms with Crippen LogP contribution in [-0.4, -0.2) is 35.9 Å². The van der Waals surface area contributed by atoms with Crippen molar-refractivity contribution in [2.45, 2.75) is 13.3 Å². The Morgan fingerprint density at radius 2 is 1.37 bits per heavy atom. The van der Waals surface area contributed by atoms with E-state index in [0.29, 0.717) is 23.2 Å². The molecule has 0 aromatic heterocycles. The monoisotopic (exact) mass is 428 g/mol. The molecule has 156 valence electrons. The first-order chi connectivity index (χ1) is 14.3. The first kappa shape index (κ1) is 22.5. The van der Waals surface area contributed by atoms with Crippen molar-refractivity contribution in [3.05, 3.63) is 65.2 Å². The summed E-state index contributed by atoms with van der Waals surface area (Å²) in [6.45, 7) is 1.74. The van der Waals surface area contributed by atoms with Crippen LogP contribution in [0.25, 0.3) is 0 Å². The summed E-state index contributed by atoms with van der Waals surface area (Å²) in [5, 5.41) is 4.97. The summed E-state index contributed by atoms with van der Waals surface area (Å²) in [6, 6.07) is 12.1. The highest BCUT2D eigenvalue weighted by atomic mass is 32.1. The Hall–Kier alpha value is -3.79. The van der Waals surface area contributed by atoms with Crippen molar-refractivity contribution in [3.63, 3.8) is 0 Å². The summed E-state index contributed by atoms with van der Waals surface area (Å²) >= 11 is 4.99. The van der Waals surface area contributed by atoms with Gasteiger partial charge >= 0.3 is 5.97 Å². The third-order valence-electron chi connectivity index (χ3n) is 3.84. The predicted molar refractivity (Wildman–Crippen MR) is 114 cm³/mol. The van der Waals surface area contributed by atoms with E-state index in [0.717, 1.165) is 0 Å². The van der Waals surface area contributed by atoms with Crippen LogP contribution in [0.3, 0.4) is 0 Å². The van der Waals surface area contributed by atoms with Crippen molar-refractivity contribution >= 4 is 46.7 Å². The number of anilines is 1. The molecule has 0 aliphatic carbocycles. The van der Waals surface area contributed by atoms with E-state index in [1.54, 1.807) is 19.1 Å². The Morgan fingerprint density at radius 1 is 0.833 bits per heavy atom. The molecular formula is C20H20N4O5S. The fraction of sp³-hybridized carbons (Fsp3) is 0.150. The van der Waals surface area contributed by atoms with Gasteiger partial charge < -0.3 is 10.1 Å². The first-order valence-corrected chi connectivity index (χ1v) is 9.24. The molecule has 10 heteroatoms. The summed E-state index contributed by atoms with van der Waals surface area (Å²) < 4.78 is 4.59. The van der Waals surface area contributed by atoms with Crippen molar-refractivity contribution in [1.29, 1.82) is 0 Å². The number of methoxy groups -OCH3 is 1. The highest BCUT2D eigenvalue weighted by molar-refractivity contribution is 7.80. The molecule has 0 atom stereocenters. The molecule has 0 aliphatic rings. The van der Waals surface area contributed by atoms with E-state index in [-0.39, 0.29) is 16.6 Å². The van der Waals surface area contributed by atoms with Crippen LogP contribution in [0.4, 0.5) is 5.69 Å². The molecule has 0 bridgehead atoms. The van der Waals surface area contributed by atoms with Gasteiger partial charge in [0.25, 0.3) is 11.8 Å². The van der Waals surface area contributed by atoms with E-state index in [4.69, 9.17) is 12.2 Å². The lowest BCUT2D eigenvalue weighted by Crippen LogP contribution is -2.48. The van der Waals surface area contributed by atoms with E-state index in [1.165, 1.54) is 43.5 Å². The van der Waals surface area contributed by atoms with Crippen LogP contribution >= 0.6 is 12.2 Å². The number of esters is 1. The fourth-order valence-electron chi connectivity index (χ4n) is 2.22. The molecule has 0 spiro atoms. The minimum Gasteiger partial charge on any atom is -0.465 e. The Kier molecular flexibility index (Phi) is 8.00. The van der Waals surface area contributed by atoms with Crippen LogP contribution in [0.15, 0.2) is 48.5 Å². The number of nitrogens with one attached hydrogen (secondary N) is 4. The number of rotatable bonds is 5. The molecule has 9 nitrogen and oxygen atoms in total. The molecule has 0 heterocycles. The number of carbonyl (C=O) groups is 4. The zero-order valence-corrected chi connectivity index (χ0v) is 17.1. The lowest BCUT2D eigenvalue weighted by molar-refractivity contribution is -0.115. The highest BCUT2D eigenvalue weighted by Gasteiger charge is 2.11. The Balaban J connectivity index is 1.84. The zero-order valence-electron chi connectivity index (χ0n) is 16.3. The van der Waals surface area contributed by atoms with Crippen LogP contribution in [0.2, 0.25) is 0 Å². The highest BCUT2D eigenvalue weighted by Crippen LogP contribution is 2.10. The van der Waals surface area contributed by atoms with E-state index in [9.17, 15) is 19.2 Å². The molecule has 0 fully saturated rings. The molecule has 0 radical (unpaired) electrons. The number of hydrazine groups is 1. The Labute approximate surface area is 178 Å². The maximum absolute atomic E-state index is 12.2. The number of hydrogen-bond donors (Lipinski definition) is 4. The second-order valence-corrected chi connectivity index (χ2v) is 6.32. The van der Waals surface area contributed by atoms with Gasteiger partial charge in [-0.15, -0.1) is 0 Å². The topological polar surface area (TPSA) is 126 Å². The SMILES string of the molecule is CCC(=O)Nc1ccc(C(=O)NNC(=S)NC(=O)c2ccc(C(=O)OC)cc2)cc1. The average Bonchev–Trinajstić information content (AvgIpc) is 2.77. The lowest BCUT2D eigenvalue weighted by Gasteiger charge is -2.11. The van der Waals surface area contributed by atoms with Crippen molar-refractivity contribution in [1.82, 2.24) is 16.2 Å². The summed E-state index contributed by atoms with van der Waals surface area (Å²) in [7, 11) is 1.26. The minimum absolute atomic E-state index is 0.114. The van der Waals surface area contributed by atoms with Gasteiger partial charge in [-0.25, -0.2) is 4.79 Å². The van der Waals surface area contributed by atoms with Crippen molar-refractivity contribution in [3.8, 4) is 0 Å². The van der Waals surface area contributed by atoms with Gasteiger partial charge in [-0.1, -0.05) is 6.92 Å². The first-order valence-electron chi connectivity index (χ1n) is 8.84. The Bertz CT molecular complexity index is 958. The van der Waals surface area contributed by atoms with Gasteiger partial charge in [0.15, 0.2) is 5.11 Å². The third kappa shape index (κ3) is 6.38. The second-order valence-electron chi connectivity index (χ2n) is 5.91. The molecular weight excluding hydrogens is 408 g/mol. The van der Waals surface area contributed by atoms with Gasteiger partial charge in [0.05, 0.1) is 12.7 Å². The molecule has 4 N–H and O–H groups in total.